The molecule has 5 nitrogen and oxygen atoms in total. The van der Waals surface area contributed by atoms with Gasteiger partial charge in [0.25, 0.3) is 5.91 Å². The van der Waals surface area contributed by atoms with E-state index in [9.17, 15) is 4.79 Å². The van der Waals surface area contributed by atoms with Crippen LogP contribution in [0.25, 0.3) is 0 Å². The van der Waals surface area contributed by atoms with Crippen molar-refractivity contribution < 1.29 is 4.79 Å². The zero-order chi connectivity index (χ0) is 22.3. The van der Waals surface area contributed by atoms with Crippen LogP contribution in [0.3, 0.4) is 0 Å². The van der Waals surface area contributed by atoms with Crippen molar-refractivity contribution in [2.75, 3.05) is 32.7 Å². The van der Waals surface area contributed by atoms with E-state index >= 15 is 0 Å². The second-order valence-corrected chi connectivity index (χ2v) is 8.83. The van der Waals surface area contributed by atoms with Crippen molar-refractivity contribution >= 4 is 17.5 Å². The number of benzene rings is 2. The van der Waals surface area contributed by atoms with E-state index in [1.807, 2.05) is 42.2 Å². The van der Waals surface area contributed by atoms with Crippen LogP contribution in [0.1, 0.15) is 40.0 Å². The molecule has 1 amide bonds. The second-order valence-electron chi connectivity index (χ2n) is 8.47. The molecule has 0 atom stereocenters. The maximum absolute atomic E-state index is 13.3. The van der Waals surface area contributed by atoms with Crippen LogP contribution in [0.5, 0.6) is 0 Å². The van der Waals surface area contributed by atoms with Crippen molar-refractivity contribution in [2.24, 2.45) is 0 Å². The number of rotatable bonds is 7. The Hall–Kier alpha value is -2.63. The highest BCUT2D eigenvalue weighted by atomic mass is 35.5. The minimum atomic E-state index is -0.00190. The third-order valence-corrected chi connectivity index (χ3v) is 6.50. The first-order chi connectivity index (χ1) is 15.6. The van der Waals surface area contributed by atoms with Gasteiger partial charge in [-0.1, -0.05) is 72.3 Å². The number of halogens is 1. The lowest BCUT2D eigenvalue weighted by atomic mass is 10.1. The summed E-state index contributed by atoms with van der Waals surface area (Å²) >= 11 is 6.63. The van der Waals surface area contributed by atoms with E-state index in [-0.39, 0.29) is 5.91 Å². The van der Waals surface area contributed by atoms with Crippen molar-refractivity contribution in [3.05, 3.63) is 88.2 Å². The molecule has 168 valence electrons. The Morgan fingerprint density at radius 2 is 1.62 bits per heavy atom. The molecule has 1 fully saturated rings. The van der Waals surface area contributed by atoms with Crippen LogP contribution >= 0.6 is 11.6 Å². The predicted molar refractivity (Wildman–Crippen MR) is 129 cm³/mol. The summed E-state index contributed by atoms with van der Waals surface area (Å²) in [6.45, 7) is 6.90. The van der Waals surface area contributed by atoms with Gasteiger partial charge in [0.1, 0.15) is 5.15 Å². The van der Waals surface area contributed by atoms with Gasteiger partial charge in [0.05, 0.1) is 17.8 Å². The molecule has 2 aromatic carbocycles. The number of carbonyl (C=O) groups is 1. The van der Waals surface area contributed by atoms with E-state index in [1.54, 1.807) is 4.68 Å². The van der Waals surface area contributed by atoms with Gasteiger partial charge < -0.3 is 9.80 Å². The molecule has 2 heterocycles. The van der Waals surface area contributed by atoms with Gasteiger partial charge in [0.15, 0.2) is 0 Å². The van der Waals surface area contributed by atoms with Crippen molar-refractivity contribution in [2.45, 2.75) is 32.7 Å². The summed E-state index contributed by atoms with van der Waals surface area (Å²) in [4.78, 5) is 17.8. The quantitative estimate of drug-likeness (QED) is 0.525. The van der Waals surface area contributed by atoms with E-state index in [1.165, 1.54) is 5.56 Å². The van der Waals surface area contributed by atoms with Crippen molar-refractivity contribution in [3.8, 4) is 0 Å². The molecule has 1 aliphatic heterocycles. The number of aryl methyl sites for hydroxylation is 2. The van der Waals surface area contributed by atoms with Crippen LogP contribution in [0.2, 0.25) is 5.15 Å². The minimum Gasteiger partial charge on any atom is -0.337 e. The van der Waals surface area contributed by atoms with Gasteiger partial charge in [-0.15, -0.1) is 0 Å². The second kappa shape index (κ2) is 10.8. The number of hydrogen-bond acceptors (Lipinski definition) is 3. The number of aromatic nitrogens is 2. The summed E-state index contributed by atoms with van der Waals surface area (Å²) < 4.78 is 1.73. The summed E-state index contributed by atoms with van der Waals surface area (Å²) in [5, 5.41) is 4.99. The van der Waals surface area contributed by atoms with Crippen LogP contribution in [0.15, 0.2) is 60.7 Å². The summed E-state index contributed by atoms with van der Waals surface area (Å²) in [6, 6.07) is 20.7. The molecule has 0 spiro atoms. The predicted octanol–water partition coefficient (Wildman–Crippen LogP) is 4.67. The molecule has 0 radical (unpaired) electrons. The molecule has 0 bridgehead atoms. The molecule has 0 saturated carbocycles. The summed E-state index contributed by atoms with van der Waals surface area (Å²) in [5.74, 6) is -0.00190. The molecule has 4 rings (SSSR count). The topological polar surface area (TPSA) is 41.4 Å². The molecule has 0 aliphatic carbocycles. The van der Waals surface area contributed by atoms with E-state index in [0.29, 0.717) is 23.0 Å². The van der Waals surface area contributed by atoms with E-state index in [4.69, 9.17) is 11.6 Å². The van der Waals surface area contributed by atoms with Gasteiger partial charge in [0, 0.05) is 19.6 Å². The first-order valence-electron chi connectivity index (χ1n) is 11.4. The zero-order valence-corrected chi connectivity index (χ0v) is 19.5. The summed E-state index contributed by atoms with van der Waals surface area (Å²) in [6.07, 6.45) is 3.20. The highest BCUT2D eigenvalue weighted by molar-refractivity contribution is 6.33. The fourth-order valence-corrected chi connectivity index (χ4v) is 4.68. The Kier molecular flexibility index (Phi) is 7.61. The number of carbonyl (C=O) groups excluding carboxylic acids is 1. The Labute approximate surface area is 195 Å². The van der Waals surface area contributed by atoms with Gasteiger partial charge in [0.2, 0.25) is 0 Å². The molecule has 0 N–H and O–H groups in total. The van der Waals surface area contributed by atoms with Gasteiger partial charge >= 0.3 is 0 Å². The molecule has 0 unspecified atom stereocenters. The minimum absolute atomic E-state index is 0.00190. The largest absolute Gasteiger partial charge is 0.337 e. The van der Waals surface area contributed by atoms with E-state index in [2.05, 4.69) is 40.3 Å². The molecule has 1 saturated heterocycles. The summed E-state index contributed by atoms with van der Waals surface area (Å²) in [7, 11) is 0. The first-order valence-corrected chi connectivity index (χ1v) is 11.8. The van der Waals surface area contributed by atoms with Crippen LogP contribution in [-0.2, 0) is 13.0 Å². The van der Waals surface area contributed by atoms with Crippen molar-refractivity contribution in [3.63, 3.8) is 0 Å². The third kappa shape index (κ3) is 5.59. The van der Waals surface area contributed by atoms with Gasteiger partial charge in [-0.3, -0.25) is 4.79 Å². The Bertz CT molecular complexity index is 1020. The van der Waals surface area contributed by atoms with Crippen LogP contribution in [0.4, 0.5) is 0 Å². The lowest BCUT2D eigenvalue weighted by Gasteiger charge is -2.22. The maximum atomic E-state index is 13.3. The third-order valence-electron chi connectivity index (χ3n) is 6.11. The first kappa shape index (κ1) is 22.6. The average molecular weight is 451 g/mol. The Morgan fingerprint density at radius 1 is 0.938 bits per heavy atom. The van der Waals surface area contributed by atoms with Crippen LogP contribution < -0.4 is 0 Å². The van der Waals surface area contributed by atoms with Gasteiger partial charge in [-0.05, 0) is 50.4 Å². The lowest BCUT2D eigenvalue weighted by molar-refractivity contribution is 0.0761. The monoisotopic (exact) mass is 450 g/mol. The smallest absolute Gasteiger partial charge is 0.258 e. The van der Waals surface area contributed by atoms with Crippen LogP contribution in [0, 0.1) is 6.92 Å². The average Bonchev–Trinajstić information content (AvgIpc) is 2.96. The number of amides is 1. The summed E-state index contributed by atoms with van der Waals surface area (Å²) in [5.41, 5.74) is 3.73. The fraction of sp³-hybridized carbons (Fsp3) is 0.385. The SMILES string of the molecule is Cc1nn(Cc2ccccc2)c(Cl)c1C(=O)N1CCCN(CCCc2ccccc2)CC1. The maximum Gasteiger partial charge on any atom is 0.258 e. The van der Waals surface area contributed by atoms with Gasteiger partial charge in [-0.2, -0.15) is 5.10 Å². The molecular formula is C26H31ClN4O. The Morgan fingerprint density at radius 3 is 2.34 bits per heavy atom. The van der Waals surface area contributed by atoms with Crippen molar-refractivity contribution in [1.29, 1.82) is 0 Å². The van der Waals surface area contributed by atoms with Gasteiger partial charge in [-0.25, -0.2) is 4.68 Å². The molecule has 1 aromatic heterocycles. The van der Waals surface area contributed by atoms with Crippen molar-refractivity contribution in [1.82, 2.24) is 19.6 Å². The number of hydrogen-bond donors (Lipinski definition) is 0. The Balaban J connectivity index is 1.34. The van der Waals surface area contributed by atoms with E-state index in [0.717, 1.165) is 57.5 Å². The lowest BCUT2D eigenvalue weighted by Crippen LogP contribution is -2.35. The molecule has 32 heavy (non-hydrogen) atoms. The highest BCUT2D eigenvalue weighted by Gasteiger charge is 2.26. The number of nitrogens with zero attached hydrogens (tertiary/aromatic N) is 4. The zero-order valence-electron chi connectivity index (χ0n) is 18.7. The molecule has 1 aliphatic rings. The normalized spacial score (nSPS) is 15.0. The molecular weight excluding hydrogens is 420 g/mol. The van der Waals surface area contributed by atoms with Crippen LogP contribution in [-0.4, -0.2) is 58.2 Å². The standard InChI is InChI=1S/C26H31ClN4O/c1-21-24(25(27)31(28-21)20-23-12-6-3-7-13-23)26(32)30-17-9-16-29(18-19-30)15-8-14-22-10-4-2-5-11-22/h2-7,10-13H,8-9,14-20H2,1H3. The highest BCUT2D eigenvalue weighted by Crippen LogP contribution is 2.23. The fourth-order valence-electron chi connectivity index (χ4n) is 4.36. The molecule has 3 aromatic rings. The van der Waals surface area contributed by atoms with E-state index < -0.39 is 0 Å². The molecule has 6 heteroatoms.